The number of fused-ring (bicyclic) bond motifs is 1. The maximum atomic E-state index is 12.1. The summed E-state index contributed by atoms with van der Waals surface area (Å²) in [7, 11) is 0. The normalized spacial score (nSPS) is 13.2. The molecule has 2 N–H and O–H groups in total. The zero-order valence-corrected chi connectivity index (χ0v) is 13.8. The lowest BCUT2D eigenvalue weighted by Gasteiger charge is -2.13. The molecule has 0 bridgehead atoms. The summed E-state index contributed by atoms with van der Waals surface area (Å²) in [5, 5.41) is 5.34. The predicted molar refractivity (Wildman–Crippen MR) is 87.3 cm³/mol. The van der Waals surface area contributed by atoms with Gasteiger partial charge in [0, 0.05) is 32.0 Å². The molecule has 0 radical (unpaired) electrons. The van der Waals surface area contributed by atoms with Crippen LogP contribution in [0.1, 0.15) is 41.0 Å². The molecule has 24 heavy (non-hydrogen) atoms. The highest BCUT2D eigenvalue weighted by Gasteiger charge is 2.34. The molecule has 1 aliphatic rings. The first-order valence-corrected chi connectivity index (χ1v) is 7.91. The van der Waals surface area contributed by atoms with Gasteiger partial charge in [0.05, 0.1) is 11.1 Å². The van der Waals surface area contributed by atoms with Crippen molar-refractivity contribution in [3.8, 4) is 0 Å². The number of amides is 4. The second kappa shape index (κ2) is 7.72. The number of imide groups is 1. The lowest BCUT2D eigenvalue weighted by atomic mass is 10.1. The molecule has 2 rings (SSSR count). The highest BCUT2D eigenvalue weighted by atomic mass is 16.2. The Morgan fingerprint density at radius 2 is 1.54 bits per heavy atom. The average molecular weight is 331 g/mol. The Labute approximate surface area is 140 Å². The molecule has 0 unspecified atom stereocenters. The summed E-state index contributed by atoms with van der Waals surface area (Å²) in [5.41, 5.74) is 0.749. The zero-order chi connectivity index (χ0) is 17.7. The monoisotopic (exact) mass is 331 g/mol. The summed E-state index contributed by atoms with van der Waals surface area (Å²) in [6.45, 7) is 4.26. The van der Waals surface area contributed by atoms with Crippen LogP contribution in [0.15, 0.2) is 24.3 Å². The van der Waals surface area contributed by atoms with E-state index >= 15 is 0 Å². The van der Waals surface area contributed by atoms with Crippen molar-refractivity contribution in [3.63, 3.8) is 0 Å². The van der Waals surface area contributed by atoms with Crippen molar-refractivity contribution in [1.82, 2.24) is 15.5 Å². The fourth-order valence-electron chi connectivity index (χ4n) is 2.34. The summed E-state index contributed by atoms with van der Waals surface area (Å²) in [4.78, 5) is 48.5. The largest absolute Gasteiger partial charge is 0.354 e. The van der Waals surface area contributed by atoms with Gasteiger partial charge in [0.1, 0.15) is 0 Å². The minimum Gasteiger partial charge on any atom is -0.354 e. The Morgan fingerprint density at radius 3 is 2.08 bits per heavy atom. The van der Waals surface area contributed by atoms with Gasteiger partial charge in [-0.1, -0.05) is 26.0 Å². The maximum Gasteiger partial charge on any atom is 0.261 e. The molecule has 7 nitrogen and oxygen atoms in total. The lowest BCUT2D eigenvalue weighted by molar-refractivity contribution is -0.124. The van der Waals surface area contributed by atoms with Crippen LogP contribution in [0.3, 0.4) is 0 Å². The van der Waals surface area contributed by atoms with Gasteiger partial charge in [0.15, 0.2) is 0 Å². The van der Waals surface area contributed by atoms with Crippen LogP contribution >= 0.6 is 0 Å². The van der Waals surface area contributed by atoms with Crippen molar-refractivity contribution in [1.29, 1.82) is 0 Å². The molecule has 0 aromatic heterocycles. The summed E-state index contributed by atoms with van der Waals surface area (Å²) in [6.07, 6.45) is 0.0313. The molecule has 0 fully saturated rings. The first-order chi connectivity index (χ1) is 11.4. The summed E-state index contributed by atoms with van der Waals surface area (Å²) < 4.78 is 0. The number of carbonyl (C=O) groups excluding carboxylic acids is 4. The maximum absolute atomic E-state index is 12.1. The average Bonchev–Trinajstić information content (AvgIpc) is 2.81. The molecule has 128 valence electrons. The molecule has 0 aliphatic carbocycles. The van der Waals surface area contributed by atoms with Crippen molar-refractivity contribution in [2.24, 2.45) is 5.92 Å². The smallest absolute Gasteiger partial charge is 0.261 e. The first kappa shape index (κ1) is 17.7. The molecule has 0 spiro atoms. The number of hydrogen-bond donors (Lipinski definition) is 2. The van der Waals surface area contributed by atoms with E-state index in [0.29, 0.717) is 24.2 Å². The highest BCUT2D eigenvalue weighted by Crippen LogP contribution is 2.22. The molecule has 4 amide bonds. The van der Waals surface area contributed by atoms with Crippen molar-refractivity contribution in [2.45, 2.75) is 20.3 Å². The number of nitrogens with one attached hydrogen (secondary N) is 2. The second-order valence-corrected chi connectivity index (χ2v) is 5.85. The molecule has 0 atom stereocenters. The van der Waals surface area contributed by atoms with Gasteiger partial charge in [-0.3, -0.25) is 24.1 Å². The van der Waals surface area contributed by atoms with Gasteiger partial charge in [-0.15, -0.1) is 0 Å². The van der Waals surface area contributed by atoms with E-state index in [1.807, 2.05) is 0 Å². The third-order valence-electron chi connectivity index (χ3n) is 3.71. The SMILES string of the molecule is CC(C)C(=O)NCCNC(=O)CCN1C(=O)c2ccccc2C1=O. The molecule has 7 heteroatoms. The molecule has 0 saturated carbocycles. The van der Waals surface area contributed by atoms with E-state index < -0.39 is 0 Å². The van der Waals surface area contributed by atoms with Crippen LogP contribution in [-0.2, 0) is 9.59 Å². The number of carbonyl (C=O) groups is 4. The van der Waals surface area contributed by atoms with E-state index in [2.05, 4.69) is 10.6 Å². The van der Waals surface area contributed by atoms with Gasteiger partial charge < -0.3 is 10.6 Å². The molecule has 1 aromatic rings. The summed E-state index contributed by atoms with van der Waals surface area (Å²) in [5.74, 6) is -1.18. The van der Waals surface area contributed by atoms with Gasteiger partial charge in [-0.2, -0.15) is 0 Å². The van der Waals surface area contributed by atoms with Crippen LogP contribution in [0.25, 0.3) is 0 Å². The summed E-state index contributed by atoms with van der Waals surface area (Å²) in [6, 6.07) is 6.61. The van der Waals surface area contributed by atoms with Crippen LogP contribution in [0, 0.1) is 5.92 Å². The Hall–Kier alpha value is -2.70. The fourth-order valence-corrected chi connectivity index (χ4v) is 2.34. The molecule has 1 heterocycles. The van der Waals surface area contributed by atoms with Crippen molar-refractivity contribution < 1.29 is 19.2 Å². The molecule has 1 aromatic carbocycles. The van der Waals surface area contributed by atoms with Crippen LogP contribution in [0.4, 0.5) is 0 Å². The Bertz CT molecular complexity index is 635. The minimum atomic E-state index is -0.368. The van der Waals surface area contributed by atoms with Gasteiger partial charge in [0.25, 0.3) is 11.8 Å². The zero-order valence-electron chi connectivity index (χ0n) is 13.8. The van der Waals surface area contributed by atoms with E-state index in [0.717, 1.165) is 4.90 Å². The molecule has 1 aliphatic heterocycles. The van der Waals surface area contributed by atoms with Crippen LogP contribution < -0.4 is 10.6 Å². The van der Waals surface area contributed by atoms with Gasteiger partial charge >= 0.3 is 0 Å². The van der Waals surface area contributed by atoms with Gasteiger partial charge in [-0.25, -0.2) is 0 Å². The minimum absolute atomic E-state index is 0.0313. The Kier molecular flexibility index (Phi) is 5.68. The van der Waals surface area contributed by atoms with Crippen LogP contribution in [0.2, 0.25) is 0 Å². The third kappa shape index (κ3) is 3.98. The second-order valence-electron chi connectivity index (χ2n) is 5.85. The predicted octanol–water partition coefficient (Wildman–Crippen LogP) is 0.561. The summed E-state index contributed by atoms with van der Waals surface area (Å²) >= 11 is 0. The topological polar surface area (TPSA) is 95.6 Å². The molecule has 0 saturated heterocycles. The number of hydrogen-bond acceptors (Lipinski definition) is 4. The van der Waals surface area contributed by atoms with Crippen molar-refractivity contribution in [3.05, 3.63) is 35.4 Å². The van der Waals surface area contributed by atoms with E-state index in [1.165, 1.54) is 0 Å². The van der Waals surface area contributed by atoms with Crippen LogP contribution in [-0.4, -0.2) is 48.2 Å². The van der Waals surface area contributed by atoms with Crippen molar-refractivity contribution >= 4 is 23.6 Å². The van der Waals surface area contributed by atoms with Gasteiger partial charge in [0.2, 0.25) is 11.8 Å². The number of rotatable bonds is 7. The van der Waals surface area contributed by atoms with Crippen LogP contribution in [0.5, 0.6) is 0 Å². The van der Waals surface area contributed by atoms with E-state index in [-0.39, 0.29) is 42.5 Å². The van der Waals surface area contributed by atoms with E-state index in [4.69, 9.17) is 0 Å². The van der Waals surface area contributed by atoms with E-state index in [1.54, 1.807) is 38.1 Å². The lowest BCUT2D eigenvalue weighted by Crippen LogP contribution is -2.38. The third-order valence-corrected chi connectivity index (χ3v) is 3.71. The standard InChI is InChI=1S/C17H21N3O4/c1-11(2)15(22)19-9-8-18-14(21)7-10-20-16(23)12-5-3-4-6-13(12)17(20)24/h3-6,11H,7-10H2,1-2H3,(H,18,21)(H,19,22). The highest BCUT2D eigenvalue weighted by molar-refractivity contribution is 6.21. The van der Waals surface area contributed by atoms with Crippen molar-refractivity contribution in [2.75, 3.05) is 19.6 Å². The van der Waals surface area contributed by atoms with E-state index in [9.17, 15) is 19.2 Å². The first-order valence-electron chi connectivity index (χ1n) is 7.91. The fraction of sp³-hybridized carbons (Fsp3) is 0.412. The van der Waals surface area contributed by atoms with Gasteiger partial charge in [-0.05, 0) is 12.1 Å². The molecular weight excluding hydrogens is 310 g/mol. The number of nitrogens with zero attached hydrogens (tertiary/aromatic N) is 1. The molecular formula is C17H21N3O4. The quantitative estimate of drug-likeness (QED) is 0.564. The number of benzene rings is 1. The Morgan fingerprint density at radius 1 is 1.00 bits per heavy atom. The Balaban J connectivity index is 1.74.